The molecular formula is C14H15BrN2O. The minimum absolute atomic E-state index is 0.413. The topological polar surface area (TPSA) is 52.0 Å². The third-order valence-electron chi connectivity index (χ3n) is 3.62. The summed E-state index contributed by atoms with van der Waals surface area (Å²) >= 11 is 3.48. The lowest BCUT2D eigenvalue weighted by molar-refractivity contribution is 0.417. The number of aromatic nitrogens is 1. The van der Waals surface area contributed by atoms with E-state index in [2.05, 4.69) is 28.0 Å². The first kappa shape index (κ1) is 11.8. The van der Waals surface area contributed by atoms with Crippen LogP contribution in [0.25, 0.3) is 11.1 Å². The van der Waals surface area contributed by atoms with Gasteiger partial charge in [-0.1, -0.05) is 40.1 Å². The fourth-order valence-electron chi connectivity index (χ4n) is 2.38. The quantitative estimate of drug-likeness (QED) is 0.924. The number of benzene rings is 1. The molecule has 1 saturated carbocycles. The van der Waals surface area contributed by atoms with Gasteiger partial charge in [-0.25, -0.2) is 0 Å². The number of nitrogen functional groups attached to an aromatic ring is 1. The van der Waals surface area contributed by atoms with E-state index in [-0.39, 0.29) is 0 Å². The van der Waals surface area contributed by atoms with Crippen molar-refractivity contribution in [2.24, 2.45) is 5.92 Å². The SMILES string of the molecule is CC(c1noc(N)c1-c1cccc(Br)c1)C1CC1. The van der Waals surface area contributed by atoms with Gasteiger partial charge in [0.25, 0.3) is 0 Å². The summed E-state index contributed by atoms with van der Waals surface area (Å²) in [5.74, 6) is 1.57. The molecule has 4 heteroatoms. The smallest absolute Gasteiger partial charge is 0.230 e. The van der Waals surface area contributed by atoms with Crippen LogP contribution in [0.4, 0.5) is 5.88 Å². The molecule has 0 aliphatic heterocycles. The molecule has 94 valence electrons. The third-order valence-corrected chi connectivity index (χ3v) is 4.11. The van der Waals surface area contributed by atoms with Crippen LogP contribution >= 0.6 is 15.9 Å². The molecule has 2 aromatic rings. The van der Waals surface area contributed by atoms with E-state index in [1.807, 2.05) is 24.3 Å². The molecule has 0 bridgehead atoms. The van der Waals surface area contributed by atoms with E-state index in [1.165, 1.54) is 12.8 Å². The summed E-state index contributed by atoms with van der Waals surface area (Å²) in [4.78, 5) is 0. The van der Waals surface area contributed by atoms with Crippen molar-refractivity contribution in [3.05, 3.63) is 34.4 Å². The molecule has 1 aliphatic carbocycles. The molecule has 1 atom stereocenters. The minimum atomic E-state index is 0.413. The summed E-state index contributed by atoms with van der Waals surface area (Å²) in [6.45, 7) is 2.20. The molecule has 3 nitrogen and oxygen atoms in total. The number of rotatable bonds is 3. The van der Waals surface area contributed by atoms with Gasteiger partial charge in [0.2, 0.25) is 5.88 Å². The molecule has 0 spiro atoms. The van der Waals surface area contributed by atoms with E-state index in [9.17, 15) is 0 Å². The van der Waals surface area contributed by atoms with Gasteiger partial charge in [0.05, 0.1) is 11.3 Å². The minimum Gasteiger partial charge on any atom is -0.367 e. The van der Waals surface area contributed by atoms with Crippen LogP contribution < -0.4 is 5.73 Å². The van der Waals surface area contributed by atoms with Crippen LogP contribution in [0.3, 0.4) is 0 Å². The first-order valence-electron chi connectivity index (χ1n) is 6.18. The van der Waals surface area contributed by atoms with E-state index in [0.717, 1.165) is 27.2 Å². The Kier molecular flexibility index (Phi) is 2.90. The van der Waals surface area contributed by atoms with Gasteiger partial charge in [0.1, 0.15) is 0 Å². The van der Waals surface area contributed by atoms with Gasteiger partial charge in [-0.2, -0.15) is 0 Å². The first-order valence-corrected chi connectivity index (χ1v) is 6.97. The maximum absolute atomic E-state index is 5.94. The first-order chi connectivity index (χ1) is 8.66. The van der Waals surface area contributed by atoms with Crippen LogP contribution in [0.1, 0.15) is 31.4 Å². The van der Waals surface area contributed by atoms with Crippen LogP contribution in [-0.2, 0) is 0 Å². The summed E-state index contributed by atoms with van der Waals surface area (Å²) in [7, 11) is 0. The Labute approximate surface area is 114 Å². The summed E-state index contributed by atoms with van der Waals surface area (Å²) in [5.41, 5.74) is 8.95. The van der Waals surface area contributed by atoms with Gasteiger partial charge in [-0.3, -0.25) is 0 Å². The molecule has 1 heterocycles. The van der Waals surface area contributed by atoms with Crippen molar-refractivity contribution in [3.63, 3.8) is 0 Å². The van der Waals surface area contributed by atoms with Gasteiger partial charge >= 0.3 is 0 Å². The second-order valence-corrected chi connectivity index (χ2v) is 5.86. The molecule has 0 saturated heterocycles. The highest BCUT2D eigenvalue weighted by Crippen LogP contribution is 2.45. The number of hydrogen-bond acceptors (Lipinski definition) is 3. The Morgan fingerprint density at radius 2 is 2.22 bits per heavy atom. The lowest BCUT2D eigenvalue weighted by atomic mass is 9.95. The molecule has 0 amide bonds. The van der Waals surface area contributed by atoms with E-state index in [0.29, 0.717) is 11.8 Å². The highest BCUT2D eigenvalue weighted by Gasteiger charge is 2.33. The average Bonchev–Trinajstić information content (AvgIpc) is 3.12. The zero-order valence-corrected chi connectivity index (χ0v) is 11.8. The highest BCUT2D eigenvalue weighted by molar-refractivity contribution is 9.10. The number of nitrogens with two attached hydrogens (primary N) is 1. The van der Waals surface area contributed by atoms with Crippen LogP contribution in [0.2, 0.25) is 0 Å². The van der Waals surface area contributed by atoms with Crippen LogP contribution in [-0.4, -0.2) is 5.16 Å². The van der Waals surface area contributed by atoms with Crippen molar-refractivity contribution in [1.29, 1.82) is 0 Å². The molecule has 1 aromatic carbocycles. The second-order valence-electron chi connectivity index (χ2n) is 4.94. The van der Waals surface area contributed by atoms with Gasteiger partial charge in [-0.15, -0.1) is 0 Å². The molecular weight excluding hydrogens is 292 g/mol. The highest BCUT2D eigenvalue weighted by atomic mass is 79.9. The number of halogens is 1. The summed E-state index contributed by atoms with van der Waals surface area (Å²) in [6.07, 6.45) is 2.57. The van der Waals surface area contributed by atoms with Crippen molar-refractivity contribution in [3.8, 4) is 11.1 Å². The number of nitrogens with zero attached hydrogens (tertiary/aromatic N) is 1. The zero-order chi connectivity index (χ0) is 12.7. The van der Waals surface area contributed by atoms with E-state index in [1.54, 1.807) is 0 Å². The number of hydrogen-bond donors (Lipinski definition) is 1. The largest absolute Gasteiger partial charge is 0.367 e. The molecule has 1 aromatic heterocycles. The van der Waals surface area contributed by atoms with Crippen molar-refractivity contribution in [1.82, 2.24) is 5.16 Å². The lowest BCUT2D eigenvalue weighted by Gasteiger charge is -2.09. The zero-order valence-electron chi connectivity index (χ0n) is 10.2. The maximum Gasteiger partial charge on any atom is 0.230 e. The monoisotopic (exact) mass is 306 g/mol. The fourth-order valence-corrected chi connectivity index (χ4v) is 2.78. The van der Waals surface area contributed by atoms with Crippen LogP contribution in [0.15, 0.2) is 33.3 Å². The predicted molar refractivity (Wildman–Crippen MR) is 75.2 cm³/mol. The summed E-state index contributed by atoms with van der Waals surface area (Å²) < 4.78 is 6.23. The summed E-state index contributed by atoms with van der Waals surface area (Å²) in [5, 5.41) is 4.17. The molecule has 1 fully saturated rings. The van der Waals surface area contributed by atoms with Crippen LogP contribution in [0.5, 0.6) is 0 Å². The Morgan fingerprint density at radius 3 is 2.89 bits per heavy atom. The van der Waals surface area contributed by atoms with Gasteiger partial charge < -0.3 is 10.3 Å². The number of anilines is 1. The second kappa shape index (κ2) is 4.43. The fraction of sp³-hybridized carbons (Fsp3) is 0.357. The van der Waals surface area contributed by atoms with Crippen LogP contribution in [0, 0.1) is 5.92 Å². The van der Waals surface area contributed by atoms with Crippen molar-refractivity contribution in [2.75, 3.05) is 5.73 Å². The van der Waals surface area contributed by atoms with Crippen molar-refractivity contribution < 1.29 is 4.52 Å². The Morgan fingerprint density at radius 1 is 1.44 bits per heavy atom. The molecule has 3 rings (SSSR count). The van der Waals surface area contributed by atoms with E-state index in [4.69, 9.17) is 10.3 Å². The van der Waals surface area contributed by atoms with Crippen molar-refractivity contribution in [2.45, 2.75) is 25.7 Å². The third kappa shape index (κ3) is 2.05. The Hall–Kier alpha value is -1.29. The van der Waals surface area contributed by atoms with E-state index >= 15 is 0 Å². The van der Waals surface area contributed by atoms with Crippen molar-refractivity contribution >= 4 is 21.8 Å². The molecule has 1 aliphatic rings. The lowest BCUT2D eigenvalue weighted by Crippen LogP contribution is -1.99. The van der Waals surface area contributed by atoms with Gasteiger partial charge in [-0.05, 0) is 36.5 Å². The predicted octanol–water partition coefficient (Wildman–Crippen LogP) is 4.20. The Bertz CT molecular complexity index is 575. The molecule has 2 N–H and O–H groups in total. The Balaban J connectivity index is 2.07. The van der Waals surface area contributed by atoms with Gasteiger partial charge in [0, 0.05) is 10.4 Å². The molecule has 0 radical (unpaired) electrons. The average molecular weight is 307 g/mol. The van der Waals surface area contributed by atoms with E-state index < -0.39 is 0 Å². The molecule has 1 unspecified atom stereocenters. The maximum atomic E-state index is 5.94. The van der Waals surface area contributed by atoms with Gasteiger partial charge in [0.15, 0.2) is 0 Å². The standard InChI is InChI=1S/C14H15BrN2O/c1-8(9-5-6-9)13-12(14(16)18-17-13)10-3-2-4-11(15)7-10/h2-4,7-9H,5-6,16H2,1H3. The summed E-state index contributed by atoms with van der Waals surface area (Å²) in [6, 6.07) is 8.08. The molecule has 18 heavy (non-hydrogen) atoms. The normalized spacial score (nSPS) is 16.8.